The molecule has 2 spiro atoms. The maximum absolute atomic E-state index is 12.8. The van der Waals surface area contributed by atoms with Gasteiger partial charge >= 0.3 is 0 Å². The van der Waals surface area contributed by atoms with Gasteiger partial charge in [0, 0.05) is 33.0 Å². The van der Waals surface area contributed by atoms with E-state index >= 15 is 0 Å². The van der Waals surface area contributed by atoms with Gasteiger partial charge in [-0.1, -0.05) is 20.8 Å². The van der Waals surface area contributed by atoms with Crippen LogP contribution < -0.4 is 5.32 Å². The van der Waals surface area contributed by atoms with Gasteiger partial charge in [-0.25, -0.2) is 0 Å². The fraction of sp³-hybridized carbons (Fsp3) is 0.892. The molecule has 0 radical (unpaired) electrons. The first-order valence-electron chi connectivity index (χ1n) is 18.4. The predicted octanol–water partition coefficient (Wildman–Crippen LogP) is 5.08. The highest BCUT2D eigenvalue weighted by Gasteiger charge is 2.79. The van der Waals surface area contributed by atoms with Crippen molar-refractivity contribution in [3.05, 3.63) is 11.8 Å². The molecule has 9 nitrogen and oxygen atoms in total. The van der Waals surface area contributed by atoms with E-state index in [1.165, 1.54) is 56.9 Å². The van der Waals surface area contributed by atoms with Crippen molar-refractivity contribution in [1.82, 2.24) is 10.2 Å². The number of rotatable bonds is 9. The lowest BCUT2D eigenvalue weighted by Gasteiger charge is -2.56. The van der Waals surface area contributed by atoms with Crippen LogP contribution in [-0.4, -0.2) is 87.9 Å². The second-order valence-electron chi connectivity index (χ2n) is 16.4. The van der Waals surface area contributed by atoms with Gasteiger partial charge in [0.15, 0.2) is 6.29 Å². The molecule has 0 aromatic carbocycles. The van der Waals surface area contributed by atoms with E-state index in [0.29, 0.717) is 73.6 Å². The Morgan fingerprint density at radius 2 is 1.87 bits per heavy atom. The number of ether oxygens (including phenoxy) is 5. The van der Waals surface area contributed by atoms with Gasteiger partial charge in [0.05, 0.1) is 44.3 Å². The molecule has 2 saturated heterocycles. The molecule has 5 saturated carbocycles. The molecule has 7 rings (SSSR count). The van der Waals surface area contributed by atoms with Gasteiger partial charge in [-0.05, 0) is 110 Å². The van der Waals surface area contributed by atoms with E-state index in [2.05, 4.69) is 12.2 Å². The standard InChI is InChI=1S/C37H58N2O7/c1-23(2)34(41)39-14-15-44-33(20-39)46-31-10-11-36-22-37(36)13-12-35(4)29-7-6-25(19-38-24(3)40)45-32(29)18-30(35)28(37)9-8-27(36)26(31)21-43-17-16-42-5/h21,23,25,27-33H,6-20,22H2,1-5H3,(H,38,40)/b26-21+. The minimum absolute atomic E-state index is 0.0302. The summed E-state index contributed by atoms with van der Waals surface area (Å²) in [5.41, 5.74) is 2.42. The molecule has 11 unspecified atom stereocenters. The summed E-state index contributed by atoms with van der Waals surface area (Å²) in [4.78, 5) is 26.2. The van der Waals surface area contributed by atoms with Gasteiger partial charge in [-0.2, -0.15) is 0 Å². The third-order valence-electron chi connectivity index (χ3n) is 14.0. The highest BCUT2D eigenvalue weighted by molar-refractivity contribution is 5.78. The molecule has 46 heavy (non-hydrogen) atoms. The quantitative estimate of drug-likeness (QED) is 0.277. The predicted molar refractivity (Wildman–Crippen MR) is 172 cm³/mol. The molecule has 2 aliphatic heterocycles. The molecule has 11 atom stereocenters. The number of amides is 2. The Morgan fingerprint density at radius 3 is 2.65 bits per heavy atom. The van der Waals surface area contributed by atoms with Crippen molar-refractivity contribution in [2.24, 2.45) is 45.8 Å². The normalized spacial score (nSPS) is 45.3. The highest BCUT2D eigenvalue weighted by atomic mass is 16.7. The summed E-state index contributed by atoms with van der Waals surface area (Å²) < 4.78 is 31.0. The molecule has 7 aliphatic rings. The molecule has 258 valence electrons. The molecule has 7 fully saturated rings. The summed E-state index contributed by atoms with van der Waals surface area (Å²) in [5.74, 6) is 2.75. The minimum Gasteiger partial charge on any atom is -0.499 e. The monoisotopic (exact) mass is 642 g/mol. The Morgan fingerprint density at radius 1 is 1.04 bits per heavy atom. The maximum Gasteiger partial charge on any atom is 0.225 e. The lowest BCUT2D eigenvalue weighted by atomic mass is 9.49. The number of morpholine rings is 1. The van der Waals surface area contributed by atoms with Crippen molar-refractivity contribution in [1.29, 1.82) is 0 Å². The number of nitrogens with zero attached hydrogens (tertiary/aromatic N) is 1. The van der Waals surface area contributed by atoms with Crippen LogP contribution in [0.3, 0.4) is 0 Å². The summed E-state index contributed by atoms with van der Waals surface area (Å²) in [6.45, 7) is 11.5. The van der Waals surface area contributed by atoms with Crippen LogP contribution in [0.25, 0.3) is 0 Å². The van der Waals surface area contributed by atoms with E-state index in [4.69, 9.17) is 23.7 Å². The Bertz CT molecular complexity index is 1190. The number of carbonyl (C=O) groups is 2. The Balaban J connectivity index is 1.07. The summed E-state index contributed by atoms with van der Waals surface area (Å²) in [7, 11) is 1.71. The first-order chi connectivity index (χ1) is 22.1. The van der Waals surface area contributed by atoms with Crippen LogP contribution in [-0.2, 0) is 33.3 Å². The Kier molecular flexibility index (Phi) is 9.03. The van der Waals surface area contributed by atoms with Crippen molar-refractivity contribution < 1.29 is 33.3 Å². The number of nitrogens with one attached hydrogen (secondary N) is 1. The lowest BCUT2D eigenvalue weighted by Crippen LogP contribution is -2.52. The van der Waals surface area contributed by atoms with Crippen molar-refractivity contribution in [2.75, 3.05) is 46.6 Å². The van der Waals surface area contributed by atoms with Crippen LogP contribution in [0.15, 0.2) is 11.8 Å². The summed E-state index contributed by atoms with van der Waals surface area (Å²) in [5, 5.41) is 3.00. The molecule has 0 bridgehead atoms. The van der Waals surface area contributed by atoms with E-state index in [0.717, 1.165) is 24.7 Å². The zero-order valence-corrected chi connectivity index (χ0v) is 28.9. The van der Waals surface area contributed by atoms with Gasteiger partial charge in [-0.15, -0.1) is 0 Å². The van der Waals surface area contributed by atoms with Crippen LogP contribution in [0.4, 0.5) is 0 Å². The molecular formula is C37H58N2O7. The molecule has 0 aromatic rings. The molecule has 5 aliphatic carbocycles. The summed E-state index contributed by atoms with van der Waals surface area (Å²) in [6.07, 6.45) is 14.1. The molecule has 0 aromatic heterocycles. The van der Waals surface area contributed by atoms with Gasteiger partial charge in [0.1, 0.15) is 6.61 Å². The van der Waals surface area contributed by atoms with Crippen molar-refractivity contribution >= 4 is 11.8 Å². The smallest absolute Gasteiger partial charge is 0.225 e. The topological polar surface area (TPSA) is 95.6 Å². The fourth-order valence-electron chi connectivity index (χ4n) is 11.9. The summed E-state index contributed by atoms with van der Waals surface area (Å²) >= 11 is 0. The van der Waals surface area contributed by atoms with Crippen LogP contribution in [0, 0.1) is 45.8 Å². The average molecular weight is 643 g/mol. The molecular weight excluding hydrogens is 584 g/mol. The van der Waals surface area contributed by atoms with Crippen LogP contribution in [0.5, 0.6) is 0 Å². The van der Waals surface area contributed by atoms with E-state index in [-0.39, 0.29) is 29.9 Å². The maximum atomic E-state index is 12.8. The number of hydrogen-bond acceptors (Lipinski definition) is 7. The Labute approximate surface area is 275 Å². The number of methoxy groups -OCH3 is 1. The number of fused-ring (bicyclic) bond motifs is 4. The fourth-order valence-corrected chi connectivity index (χ4v) is 11.9. The lowest BCUT2D eigenvalue weighted by molar-refractivity contribution is -0.206. The SMILES string of the molecule is COCCO/C=C1/C(OC2CN(C(=O)C(C)C)CCO2)CCC23CC24CCC2(C)C5CCC(CNC(C)=O)OC5CC2C4CCC13. The third kappa shape index (κ3) is 5.43. The highest BCUT2D eigenvalue weighted by Crippen LogP contribution is 2.86. The molecule has 9 heteroatoms. The van der Waals surface area contributed by atoms with Crippen molar-refractivity contribution in [3.63, 3.8) is 0 Å². The third-order valence-corrected chi connectivity index (χ3v) is 14.0. The van der Waals surface area contributed by atoms with E-state index in [1.54, 1.807) is 14.0 Å². The van der Waals surface area contributed by atoms with Crippen LogP contribution in [0.1, 0.15) is 91.9 Å². The second kappa shape index (κ2) is 12.6. The summed E-state index contributed by atoms with van der Waals surface area (Å²) in [6, 6.07) is 0. The van der Waals surface area contributed by atoms with Gasteiger partial charge < -0.3 is 33.9 Å². The van der Waals surface area contributed by atoms with Gasteiger partial charge in [-0.3, -0.25) is 9.59 Å². The van der Waals surface area contributed by atoms with Gasteiger partial charge in [0.2, 0.25) is 11.8 Å². The van der Waals surface area contributed by atoms with E-state index < -0.39 is 6.29 Å². The van der Waals surface area contributed by atoms with Crippen molar-refractivity contribution in [3.8, 4) is 0 Å². The van der Waals surface area contributed by atoms with Crippen molar-refractivity contribution in [2.45, 2.75) is 117 Å². The zero-order valence-electron chi connectivity index (χ0n) is 28.9. The first-order valence-corrected chi connectivity index (χ1v) is 18.4. The van der Waals surface area contributed by atoms with Gasteiger partial charge in [0.25, 0.3) is 0 Å². The van der Waals surface area contributed by atoms with Crippen LogP contribution >= 0.6 is 0 Å². The first kappa shape index (κ1) is 32.8. The van der Waals surface area contributed by atoms with E-state index in [9.17, 15) is 9.59 Å². The largest absolute Gasteiger partial charge is 0.499 e. The molecule has 1 N–H and O–H groups in total. The zero-order chi connectivity index (χ0) is 32.3. The average Bonchev–Trinajstić information content (AvgIpc) is 3.62. The Hall–Kier alpha value is -1.68. The van der Waals surface area contributed by atoms with Crippen LogP contribution in [0.2, 0.25) is 0 Å². The van der Waals surface area contributed by atoms with E-state index in [1.807, 2.05) is 25.0 Å². The molecule has 2 amide bonds. The second-order valence-corrected chi connectivity index (χ2v) is 16.4. The number of hydrogen-bond donors (Lipinski definition) is 1. The minimum atomic E-state index is -0.408. The molecule has 2 heterocycles. The number of carbonyl (C=O) groups excluding carboxylic acids is 2.